The summed E-state index contributed by atoms with van der Waals surface area (Å²) in [6.45, 7) is 3.23. The van der Waals surface area contributed by atoms with Crippen molar-refractivity contribution in [2.45, 2.75) is 0 Å². The Bertz CT molecular complexity index is 991. The summed E-state index contributed by atoms with van der Waals surface area (Å²) in [6, 6.07) is 9.36. The van der Waals surface area contributed by atoms with Gasteiger partial charge in [0.15, 0.2) is 0 Å². The number of hydrogen-bond acceptors (Lipinski definition) is 5. The number of nitrogens with zero attached hydrogens (tertiary/aromatic N) is 3. The van der Waals surface area contributed by atoms with Gasteiger partial charge in [0, 0.05) is 56.0 Å². The van der Waals surface area contributed by atoms with E-state index in [0.717, 1.165) is 48.7 Å². The summed E-state index contributed by atoms with van der Waals surface area (Å²) < 4.78 is 0. The van der Waals surface area contributed by atoms with Gasteiger partial charge in [-0.05, 0) is 42.0 Å². The van der Waals surface area contributed by atoms with E-state index in [1.807, 2.05) is 36.4 Å². The highest BCUT2D eigenvalue weighted by atomic mass is 16.4. The molecule has 3 N–H and O–H groups in total. The number of nitrogens with one attached hydrogen (secondary N) is 2. The summed E-state index contributed by atoms with van der Waals surface area (Å²) >= 11 is 0. The lowest BCUT2D eigenvalue weighted by atomic mass is 10.1. The molecule has 0 unspecified atom stereocenters. The van der Waals surface area contributed by atoms with Gasteiger partial charge in [-0.25, -0.2) is 4.79 Å². The molecule has 0 radical (unpaired) electrons. The van der Waals surface area contributed by atoms with Crippen LogP contribution in [-0.2, 0) is 0 Å². The molecule has 28 heavy (non-hydrogen) atoms. The second-order valence-corrected chi connectivity index (χ2v) is 6.57. The smallest absolute Gasteiger partial charge is 0.339 e. The molecule has 7 nitrogen and oxygen atoms in total. The van der Waals surface area contributed by atoms with Gasteiger partial charge in [-0.15, -0.1) is 0 Å². The minimum Gasteiger partial charge on any atom is -0.478 e. The lowest BCUT2D eigenvalue weighted by Crippen LogP contribution is -2.44. The summed E-state index contributed by atoms with van der Waals surface area (Å²) in [7, 11) is 0. The first-order chi connectivity index (χ1) is 13.7. The maximum Gasteiger partial charge on any atom is 0.339 e. The number of H-pyrrole nitrogens is 1. The third-order valence-corrected chi connectivity index (χ3v) is 4.71. The molecule has 1 saturated heterocycles. The quantitative estimate of drug-likeness (QED) is 0.635. The van der Waals surface area contributed by atoms with E-state index in [1.165, 1.54) is 0 Å². The van der Waals surface area contributed by atoms with E-state index in [9.17, 15) is 9.90 Å². The Morgan fingerprint density at radius 3 is 2.61 bits per heavy atom. The van der Waals surface area contributed by atoms with Crippen LogP contribution in [0.5, 0.6) is 0 Å². The van der Waals surface area contributed by atoms with Gasteiger partial charge in [-0.3, -0.25) is 9.97 Å². The van der Waals surface area contributed by atoms with Crippen molar-refractivity contribution in [1.82, 2.24) is 20.3 Å². The van der Waals surface area contributed by atoms with Gasteiger partial charge < -0.3 is 20.3 Å². The molecule has 0 saturated carbocycles. The van der Waals surface area contributed by atoms with E-state index in [1.54, 1.807) is 24.7 Å². The first kappa shape index (κ1) is 17.9. The number of aromatic amines is 1. The maximum absolute atomic E-state index is 11.7. The molecule has 0 atom stereocenters. The Morgan fingerprint density at radius 1 is 1.07 bits per heavy atom. The SMILES string of the molecule is O=C(O)c1cc(-c2ccnc(/C=C/c3ccncc3)c2)[nH]c1N1CCNCC1. The first-order valence-electron chi connectivity index (χ1n) is 9.17. The fraction of sp³-hybridized carbons (Fsp3) is 0.190. The molecular formula is C21H21N5O2. The van der Waals surface area contributed by atoms with E-state index < -0.39 is 5.97 Å². The highest BCUT2D eigenvalue weighted by molar-refractivity contribution is 5.96. The van der Waals surface area contributed by atoms with Crippen LogP contribution in [0.3, 0.4) is 0 Å². The van der Waals surface area contributed by atoms with Crippen LogP contribution in [0, 0.1) is 0 Å². The van der Waals surface area contributed by atoms with Crippen LogP contribution in [0.2, 0.25) is 0 Å². The van der Waals surface area contributed by atoms with Crippen molar-refractivity contribution < 1.29 is 9.90 Å². The second-order valence-electron chi connectivity index (χ2n) is 6.57. The Labute approximate surface area is 162 Å². The van der Waals surface area contributed by atoms with Gasteiger partial charge in [0.1, 0.15) is 11.4 Å². The summed E-state index contributed by atoms with van der Waals surface area (Å²) in [5.41, 5.74) is 3.79. The highest BCUT2D eigenvalue weighted by Gasteiger charge is 2.21. The summed E-state index contributed by atoms with van der Waals surface area (Å²) in [5.74, 6) is -0.266. The van der Waals surface area contributed by atoms with E-state index in [0.29, 0.717) is 11.4 Å². The number of carboxylic acid groups (broad SMARTS) is 1. The molecule has 1 fully saturated rings. The normalized spacial score (nSPS) is 14.5. The molecule has 0 amide bonds. The average molecular weight is 375 g/mol. The average Bonchev–Trinajstić information content (AvgIpc) is 3.20. The molecule has 1 aliphatic rings. The lowest BCUT2D eigenvalue weighted by Gasteiger charge is -2.28. The number of carboxylic acids is 1. The minimum absolute atomic E-state index is 0.294. The molecule has 0 aliphatic carbocycles. The predicted molar refractivity (Wildman–Crippen MR) is 109 cm³/mol. The van der Waals surface area contributed by atoms with Crippen LogP contribution in [0.15, 0.2) is 48.9 Å². The molecule has 0 spiro atoms. The van der Waals surface area contributed by atoms with E-state index >= 15 is 0 Å². The van der Waals surface area contributed by atoms with Crippen LogP contribution in [0.4, 0.5) is 5.82 Å². The number of pyridine rings is 2. The molecule has 0 aromatic carbocycles. The predicted octanol–water partition coefficient (Wildman–Crippen LogP) is 2.75. The fourth-order valence-electron chi connectivity index (χ4n) is 3.26. The van der Waals surface area contributed by atoms with Crippen molar-refractivity contribution in [3.05, 3.63) is 65.7 Å². The summed E-state index contributed by atoms with van der Waals surface area (Å²) in [6.07, 6.45) is 9.11. The van der Waals surface area contributed by atoms with Crippen LogP contribution in [0.1, 0.15) is 21.6 Å². The number of anilines is 1. The number of aromatic nitrogens is 3. The zero-order chi connectivity index (χ0) is 19.3. The third kappa shape index (κ3) is 3.94. The Morgan fingerprint density at radius 2 is 1.86 bits per heavy atom. The van der Waals surface area contributed by atoms with E-state index in [2.05, 4.69) is 25.2 Å². The van der Waals surface area contributed by atoms with Gasteiger partial charge in [0.2, 0.25) is 0 Å². The van der Waals surface area contributed by atoms with E-state index in [-0.39, 0.29) is 0 Å². The van der Waals surface area contributed by atoms with Crippen molar-refractivity contribution in [3.8, 4) is 11.3 Å². The standard InChI is InChI=1S/C21H21N5O2/c27-21(28)18-14-19(25-20(18)26-11-9-23-10-12-26)16-5-8-24-17(13-16)2-1-15-3-6-22-7-4-15/h1-8,13-14,23,25H,9-12H2,(H,27,28)/b2-1+. The van der Waals surface area contributed by atoms with Crippen molar-refractivity contribution in [2.75, 3.05) is 31.1 Å². The number of rotatable bonds is 5. The number of piperazine rings is 1. The Kier molecular flexibility index (Phi) is 5.16. The van der Waals surface area contributed by atoms with Crippen LogP contribution >= 0.6 is 0 Å². The van der Waals surface area contributed by atoms with Gasteiger partial charge >= 0.3 is 5.97 Å². The Hall–Kier alpha value is -3.45. The van der Waals surface area contributed by atoms with Gasteiger partial charge in [-0.1, -0.05) is 6.08 Å². The third-order valence-electron chi connectivity index (χ3n) is 4.71. The maximum atomic E-state index is 11.7. The largest absolute Gasteiger partial charge is 0.478 e. The molecule has 3 aromatic rings. The zero-order valence-corrected chi connectivity index (χ0v) is 15.3. The van der Waals surface area contributed by atoms with Gasteiger partial charge in [-0.2, -0.15) is 0 Å². The van der Waals surface area contributed by atoms with Crippen molar-refractivity contribution in [1.29, 1.82) is 0 Å². The molecule has 7 heteroatoms. The van der Waals surface area contributed by atoms with Gasteiger partial charge in [0.05, 0.1) is 5.69 Å². The zero-order valence-electron chi connectivity index (χ0n) is 15.3. The van der Waals surface area contributed by atoms with Gasteiger partial charge in [0.25, 0.3) is 0 Å². The first-order valence-corrected chi connectivity index (χ1v) is 9.17. The molecule has 0 bridgehead atoms. The minimum atomic E-state index is -0.928. The van der Waals surface area contributed by atoms with Crippen molar-refractivity contribution >= 4 is 23.9 Å². The lowest BCUT2D eigenvalue weighted by molar-refractivity contribution is 0.0697. The van der Waals surface area contributed by atoms with Crippen LogP contribution in [0.25, 0.3) is 23.4 Å². The Balaban J connectivity index is 1.64. The molecule has 142 valence electrons. The number of carbonyl (C=O) groups is 1. The topological polar surface area (TPSA) is 94.1 Å². The monoisotopic (exact) mass is 375 g/mol. The second kappa shape index (κ2) is 8.06. The van der Waals surface area contributed by atoms with Crippen LogP contribution in [-0.4, -0.2) is 52.2 Å². The molecule has 3 aromatic heterocycles. The highest BCUT2D eigenvalue weighted by Crippen LogP contribution is 2.28. The van der Waals surface area contributed by atoms with Crippen molar-refractivity contribution in [3.63, 3.8) is 0 Å². The summed E-state index contributed by atoms with van der Waals surface area (Å²) in [5, 5.41) is 12.9. The number of hydrogen-bond donors (Lipinski definition) is 3. The number of aromatic carboxylic acids is 1. The molecule has 4 rings (SSSR count). The van der Waals surface area contributed by atoms with Crippen molar-refractivity contribution in [2.24, 2.45) is 0 Å². The molecule has 1 aliphatic heterocycles. The molecule has 4 heterocycles. The fourth-order valence-corrected chi connectivity index (χ4v) is 3.26. The van der Waals surface area contributed by atoms with E-state index in [4.69, 9.17) is 0 Å². The van der Waals surface area contributed by atoms with Crippen LogP contribution < -0.4 is 10.2 Å². The molecular weight excluding hydrogens is 354 g/mol. The summed E-state index contributed by atoms with van der Waals surface area (Å²) in [4.78, 5) is 25.5.